The molecule has 0 radical (unpaired) electrons. The largest absolute Gasteiger partial charge is 0.296 e. The molecule has 0 aliphatic heterocycles. The fraction of sp³-hybridized carbons (Fsp3) is 0.611. The third kappa shape index (κ3) is 3.92. The van der Waals surface area contributed by atoms with Crippen LogP contribution in [0.5, 0.6) is 0 Å². The van der Waals surface area contributed by atoms with Gasteiger partial charge in [-0.25, -0.2) is 0 Å². The summed E-state index contributed by atoms with van der Waals surface area (Å²) in [5.74, 6) is 1.05. The third-order valence-electron chi connectivity index (χ3n) is 4.55. The molecule has 1 aromatic rings. The third-order valence-corrected chi connectivity index (χ3v) is 4.55. The maximum atomic E-state index is 12.6. The Morgan fingerprint density at radius 3 is 2.45 bits per heavy atom. The zero-order valence-corrected chi connectivity index (χ0v) is 12.8. The highest BCUT2D eigenvalue weighted by Crippen LogP contribution is 2.25. The molecular formula is C18H27NO. The average molecular weight is 273 g/mol. The molecule has 1 aromatic carbocycles. The normalized spacial score (nSPS) is 18.1. The molecule has 0 spiro atoms. The molecule has 1 aliphatic carbocycles. The second-order valence-corrected chi connectivity index (χ2v) is 6.10. The molecule has 2 rings (SSSR count). The number of ketones is 1. The van der Waals surface area contributed by atoms with Crippen molar-refractivity contribution in [3.8, 4) is 0 Å². The first-order valence-electron chi connectivity index (χ1n) is 8.02. The van der Waals surface area contributed by atoms with Gasteiger partial charge in [-0.1, -0.05) is 56.5 Å². The molecule has 0 heterocycles. The van der Waals surface area contributed by atoms with Gasteiger partial charge in [0.25, 0.3) is 0 Å². The van der Waals surface area contributed by atoms with Gasteiger partial charge in [0.2, 0.25) is 0 Å². The van der Waals surface area contributed by atoms with Crippen LogP contribution < -0.4 is 0 Å². The lowest BCUT2D eigenvalue weighted by molar-refractivity contribution is 0.0815. The predicted octanol–water partition coefficient (Wildman–Crippen LogP) is 4.16. The van der Waals surface area contributed by atoms with Crippen molar-refractivity contribution in [1.82, 2.24) is 4.90 Å². The molecule has 1 saturated carbocycles. The smallest absolute Gasteiger partial charge is 0.179 e. The first kappa shape index (κ1) is 15.2. The van der Waals surface area contributed by atoms with Crippen molar-refractivity contribution in [2.45, 2.75) is 51.5 Å². The lowest BCUT2D eigenvalue weighted by atomic mass is 9.88. The van der Waals surface area contributed by atoms with Gasteiger partial charge in [0.05, 0.1) is 6.04 Å². The maximum absolute atomic E-state index is 12.6. The van der Waals surface area contributed by atoms with Crippen LogP contribution in [0.3, 0.4) is 0 Å². The molecule has 1 fully saturated rings. The number of Topliss-reactive ketones (excluding diaryl/α,β-unsaturated/α-hetero) is 1. The van der Waals surface area contributed by atoms with Crippen LogP contribution in [0.1, 0.15) is 55.8 Å². The molecule has 2 heteroatoms. The van der Waals surface area contributed by atoms with E-state index in [4.69, 9.17) is 0 Å². The van der Waals surface area contributed by atoms with Crippen molar-refractivity contribution < 1.29 is 4.79 Å². The fourth-order valence-electron chi connectivity index (χ4n) is 3.40. The summed E-state index contributed by atoms with van der Waals surface area (Å²) in [7, 11) is 2.11. The van der Waals surface area contributed by atoms with E-state index in [0.29, 0.717) is 0 Å². The van der Waals surface area contributed by atoms with Crippen LogP contribution >= 0.6 is 0 Å². The van der Waals surface area contributed by atoms with Gasteiger partial charge in [-0.3, -0.25) is 9.69 Å². The monoisotopic (exact) mass is 273 g/mol. The summed E-state index contributed by atoms with van der Waals surface area (Å²) in [4.78, 5) is 14.9. The molecule has 0 saturated heterocycles. The second kappa shape index (κ2) is 7.58. The van der Waals surface area contributed by atoms with Crippen LogP contribution in [0.25, 0.3) is 0 Å². The lowest BCUT2D eigenvalue weighted by Crippen LogP contribution is -2.41. The van der Waals surface area contributed by atoms with Gasteiger partial charge < -0.3 is 0 Å². The molecule has 0 amide bonds. The van der Waals surface area contributed by atoms with Gasteiger partial charge in [0.1, 0.15) is 0 Å². The van der Waals surface area contributed by atoms with E-state index in [2.05, 4.69) is 18.9 Å². The number of benzene rings is 1. The van der Waals surface area contributed by atoms with E-state index < -0.39 is 0 Å². The number of hydrogen-bond donors (Lipinski definition) is 0. The van der Waals surface area contributed by atoms with E-state index in [0.717, 1.165) is 24.4 Å². The van der Waals surface area contributed by atoms with Crippen molar-refractivity contribution in [1.29, 1.82) is 0 Å². The summed E-state index contributed by atoms with van der Waals surface area (Å²) in [6, 6.07) is 9.74. The van der Waals surface area contributed by atoms with Crippen molar-refractivity contribution in [2.75, 3.05) is 13.6 Å². The summed E-state index contributed by atoms with van der Waals surface area (Å²) < 4.78 is 0. The zero-order chi connectivity index (χ0) is 14.4. The van der Waals surface area contributed by atoms with Gasteiger partial charge in [-0.2, -0.15) is 0 Å². The van der Waals surface area contributed by atoms with Crippen LogP contribution in [-0.4, -0.2) is 30.3 Å². The minimum Gasteiger partial charge on any atom is -0.296 e. The van der Waals surface area contributed by atoms with Crippen molar-refractivity contribution in [3.63, 3.8) is 0 Å². The lowest BCUT2D eigenvalue weighted by Gasteiger charge is -2.31. The van der Waals surface area contributed by atoms with Gasteiger partial charge in [0, 0.05) is 12.1 Å². The average Bonchev–Trinajstić information content (AvgIpc) is 2.49. The second-order valence-electron chi connectivity index (χ2n) is 6.10. The maximum Gasteiger partial charge on any atom is 0.179 e. The fourth-order valence-corrected chi connectivity index (χ4v) is 3.40. The van der Waals surface area contributed by atoms with E-state index in [1.807, 2.05) is 30.3 Å². The molecule has 0 bridgehead atoms. The highest BCUT2D eigenvalue weighted by atomic mass is 16.1. The van der Waals surface area contributed by atoms with Crippen molar-refractivity contribution >= 4 is 5.78 Å². The van der Waals surface area contributed by atoms with Gasteiger partial charge >= 0.3 is 0 Å². The van der Waals surface area contributed by atoms with Crippen LogP contribution in [0, 0.1) is 5.92 Å². The Kier molecular flexibility index (Phi) is 5.78. The number of carbonyl (C=O) groups is 1. The summed E-state index contributed by atoms with van der Waals surface area (Å²) >= 11 is 0. The Morgan fingerprint density at radius 2 is 1.85 bits per heavy atom. The van der Waals surface area contributed by atoms with Crippen molar-refractivity contribution in [2.24, 2.45) is 5.92 Å². The van der Waals surface area contributed by atoms with Crippen LogP contribution in [0.15, 0.2) is 30.3 Å². The molecule has 2 nitrogen and oxygen atoms in total. The minimum atomic E-state index is 0.0272. The number of likely N-dealkylation sites (N-methyl/N-ethyl adjacent to an activating group) is 1. The van der Waals surface area contributed by atoms with Crippen LogP contribution in [0.4, 0.5) is 0 Å². The predicted molar refractivity (Wildman–Crippen MR) is 84.1 cm³/mol. The molecule has 1 unspecified atom stereocenters. The topological polar surface area (TPSA) is 20.3 Å². The van der Waals surface area contributed by atoms with Gasteiger partial charge in [-0.05, 0) is 32.2 Å². The molecule has 20 heavy (non-hydrogen) atoms. The van der Waals surface area contributed by atoms with E-state index >= 15 is 0 Å². The molecule has 1 atom stereocenters. The molecule has 110 valence electrons. The van der Waals surface area contributed by atoms with Crippen molar-refractivity contribution in [3.05, 3.63) is 35.9 Å². The minimum absolute atomic E-state index is 0.0272. The zero-order valence-electron chi connectivity index (χ0n) is 12.8. The molecule has 1 aliphatic rings. The first-order valence-corrected chi connectivity index (χ1v) is 8.02. The van der Waals surface area contributed by atoms with Crippen LogP contribution in [0.2, 0.25) is 0 Å². The Balaban J connectivity index is 1.97. The van der Waals surface area contributed by atoms with E-state index in [9.17, 15) is 4.79 Å². The standard InChI is InChI=1S/C18H27NO/c1-3-17(18(20)16-12-8-5-9-13-16)19(2)14-15-10-6-4-7-11-15/h5,8-9,12-13,15,17H,3-4,6-7,10-11,14H2,1-2H3. The quantitative estimate of drug-likeness (QED) is 0.725. The summed E-state index contributed by atoms with van der Waals surface area (Å²) in [5.41, 5.74) is 0.842. The Bertz CT molecular complexity index is 409. The summed E-state index contributed by atoms with van der Waals surface area (Å²) in [6.07, 6.45) is 7.67. The number of hydrogen-bond acceptors (Lipinski definition) is 2. The highest BCUT2D eigenvalue weighted by Gasteiger charge is 2.25. The summed E-state index contributed by atoms with van der Waals surface area (Å²) in [6.45, 7) is 3.18. The number of carbonyl (C=O) groups excluding carboxylic acids is 1. The number of rotatable bonds is 6. The Hall–Kier alpha value is -1.15. The Morgan fingerprint density at radius 1 is 1.20 bits per heavy atom. The highest BCUT2D eigenvalue weighted by molar-refractivity contribution is 6.00. The molecule has 0 N–H and O–H groups in total. The first-order chi connectivity index (χ1) is 9.72. The van der Waals surface area contributed by atoms with E-state index in [1.165, 1.54) is 32.1 Å². The SMILES string of the molecule is CCC(C(=O)c1ccccc1)N(C)CC1CCCCC1. The van der Waals surface area contributed by atoms with E-state index in [1.54, 1.807) is 0 Å². The summed E-state index contributed by atoms with van der Waals surface area (Å²) in [5, 5.41) is 0. The van der Waals surface area contributed by atoms with E-state index in [-0.39, 0.29) is 11.8 Å². The van der Waals surface area contributed by atoms with Gasteiger partial charge in [-0.15, -0.1) is 0 Å². The molecular weight excluding hydrogens is 246 g/mol. The number of nitrogens with zero attached hydrogens (tertiary/aromatic N) is 1. The van der Waals surface area contributed by atoms with Gasteiger partial charge in [0.15, 0.2) is 5.78 Å². The Labute approximate surface area is 123 Å². The molecule has 0 aromatic heterocycles. The van der Waals surface area contributed by atoms with Crippen LogP contribution in [-0.2, 0) is 0 Å².